The van der Waals surface area contributed by atoms with E-state index in [-0.39, 0.29) is 26.4 Å². The van der Waals surface area contributed by atoms with Crippen LogP contribution in [-0.4, -0.2) is 50.3 Å². The van der Waals surface area contributed by atoms with Gasteiger partial charge in [0.2, 0.25) is 0 Å². The van der Waals surface area contributed by atoms with Gasteiger partial charge in [0.1, 0.15) is 0 Å². The average molecular weight is 515 g/mol. The van der Waals surface area contributed by atoms with Crippen LogP contribution in [0, 0.1) is 10.8 Å². The molecule has 0 aliphatic carbocycles. The Hall–Kier alpha value is -2.12. The zero-order valence-corrected chi connectivity index (χ0v) is 23.6. The summed E-state index contributed by atoms with van der Waals surface area (Å²) in [6.45, 7) is 11.7. The highest BCUT2D eigenvalue weighted by Gasteiger charge is 2.48. The van der Waals surface area contributed by atoms with E-state index >= 15 is 0 Å². The number of carbonyl (C=O) groups is 4. The molecule has 0 bridgehead atoms. The van der Waals surface area contributed by atoms with Crippen LogP contribution in [0.1, 0.15) is 119 Å². The smallest absolute Gasteiger partial charge is 0.323 e. The normalized spacial score (nSPS) is 11.6. The van der Waals surface area contributed by atoms with Gasteiger partial charge in [0.25, 0.3) is 0 Å². The quantitative estimate of drug-likeness (QED) is 0.0803. The van der Waals surface area contributed by atoms with Crippen LogP contribution >= 0.6 is 0 Å². The van der Waals surface area contributed by atoms with Gasteiger partial charge in [-0.25, -0.2) is 0 Å². The van der Waals surface area contributed by atoms with Crippen molar-refractivity contribution in [2.45, 2.75) is 119 Å². The Morgan fingerprint density at radius 2 is 0.667 bits per heavy atom. The van der Waals surface area contributed by atoms with E-state index in [4.69, 9.17) is 18.9 Å². The zero-order chi connectivity index (χ0) is 27.5. The largest absolute Gasteiger partial charge is 0.465 e. The molecule has 0 fully saturated rings. The molecule has 0 aliphatic heterocycles. The molecule has 0 saturated carbocycles. The first-order chi connectivity index (χ1) is 17.3. The first-order valence-electron chi connectivity index (χ1n) is 13.9. The van der Waals surface area contributed by atoms with Crippen LogP contribution in [0.5, 0.6) is 0 Å². The Labute approximate surface area is 218 Å². The highest BCUT2D eigenvalue weighted by atomic mass is 16.6. The fourth-order valence-electron chi connectivity index (χ4n) is 4.47. The second kappa shape index (κ2) is 19.1. The molecule has 0 aromatic heterocycles. The van der Waals surface area contributed by atoms with E-state index in [0.29, 0.717) is 38.5 Å². The highest BCUT2D eigenvalue weighted by molar-refractivity contribution is 6.00. The third-order valence-electron chi connectivity index (χ3n) is 6.54. The van der Waals surface area contributed by atoms with Gasteiger partial charge in [-0.05, 0) is 53.4 Å². The van der Waals surface area contributed by atoms with Crippen molar-refractivity contribution in [3.8, 4) is 0 Å². The van der Waals surface area contributed by atoms with Crippen molar-refractivity contribution in [1.82, 2.24) is 0 Å². The van der Waals surface area contributed by atoms with Gasteiger partial charge in [0.05, 0.1) is 26.4 Å². The first kappa shape index (κ1) is 33.9. The lowest BCUT2D eigenvalue weighted by atomic mass is 9.76. The van der Waals surface area contributed by atoms with Crippen LogP contribution in [0.15, 0.2) is 0 Å². The number of hydrogen-bond acceptors (Lipinski definition) is 8. The van der Waals surface area contributed by atoms with E-state index in [1.54, 1.807) is 27.7 Å². The molecule has 0 aromatic rings. The summed E-state index contributed by atoms with van der Waals surface area (Å²) in [4.78, 5) is 51.5. The summed E-state index contributed by atoms with van der Waals surface area (Å²) < 4.78 is 21.2. The molecule has 0 atom stereocenters. The monoisotopic (exact) mass is 514 g/mol. The molecule has 0 aromatic carbocycles. The van der Waals surface area contributed by atoms with Gasteiger partial charge in [-0.3, -0.25) is 19.2 Å². The number of ether oxygens (including phenoxy) is 4. The van der Waals surface area contributed by atoms with E-state index in [9.17, 15) is 19.2 Å². The Morgan fingerprint density at radius 3 is 0.889 bits per heavy atom. The molecule has 0 unspecified atom stereocenters. The molecule has 0 aliphatic rings. The van der Waals surface area contributed by atoms with Crippen molar-refractivity contribution in [2.24, 2.45) is 10.8 Å². The van der Waals surface area contributed by atoms with E-state index in [0.717, 1.165) is 38.5 Å². The van der Waals surface area contributed by atoms with Gasteiger partial charge in [-0.15, -0.1) is 0 Å². The number of unbranched alkanes of at least 4 members (excludes halogenated alkanes) is 5. The molecule has 0 N–H and O–H groups in total. The summed E-state index contributed by atoms with van der Waals surface area (Å²) in [5.41, 5.74) is -2.58. The van der Waals surface area contributed by atoms with Gasteiger partial charge < -0.3 is 18.9 Å². The summed E-state index contributed by atoms with van der Waals surface area (Å²) in [6.07, 6.45) is 7.36. The van der Waals surface area contributed by atoms with Crippen molar-refractivity contribution in [3.63, 3.8) is 0 Å². The maximum atomic E-state index is 12.9. The molecule has 8 nitrogen and oxygen atoms in total. The predicted molar refractivity (Wildman–Crippen MR) is 138 cm³/mol. The Balaban J connectivity index is 5.38. The molecule has 0 amide bonds. The van der Waals surface area contributed by atoms with E-state index in [1.165, 1.54) is 0 Å². The molecule has 210 valence electrons. The second-order valence-electron chi connectivity index (χ2n) is 9.17. The molecular weight excluding hydrogens is 464 g/mol. The standard InChI is InChI=1S/C28H50O8/c1-7-13-19-27(23(29)33-9-3,24(30)34-10-4)21-17-15-16-18-22-28(20-14-8-2,25(31)35-11-5)26(32)36-12-6/h7-22H2,1-6H3. The first-order valence-corrected chi connectivity index (χ1v) is 13.9. The minimum Gasteiger partial charge on any atom is -0.465 e. The van der Waals surface area contributed by atoms with Crippen LogP contribution in [0.4, 0.5) is 0 Å². The predicted octanol–water partition coefficient (Wildman–Crippen LogP) is 5.93. The van der Waals surface area contributed by atoms with Crippen LogP contribution in [0.3, 0.4) is 0 Å². The minimum atomic E-state index is -1.29. The highest BCUT2D eigenvalue weighted by Crippen LogP contribution is 2.37. The minimum absolute atomic E-state index is 0.202. The van der Waals surface area contributed by atoms with Crippen LogP contribution in [0.25, 0.3) is 0 Å². The molecule has 0 rings (SSSR count). The molecule has 0 radical (unpaired) electrons. The maximum absolute atomic E-state index is 12.9. The van der Waals surface area contributed by atoms with E-state index in [1.807, 2.05) is 13.8 Å². The molecule has 8 heteroatoms. The fourth-order valence-corrected chi connectivity index (χ4v) is 4.47. The van der Waals surface area contributed by atoms with Gasteiger partial charge in [0.15, 0.2) is 10.8 Å². The zero-order valence-electron chi connectivity index (χ0n) is 23.6. The third kappa shape index (κ3) is 10.1. The lowest BCUT2D eigenvalue weighted by Gasteiger charge is -2.30. The third-order valence-corrected chi connectivity index (χ3v) is 6.54. The number of hydrogen-bond donors (Lipinski definition) is 0. The lowest BCUT2D eigenvalue weighted by molar-refractivity contribution is -0.175. The molecule has 0 spiro atoms. The van der Waals surface area contributed by atoms with E-state index in [2.05, 4.69) is 0 Å². The van der Waals surface area contributed by atoms with Crippen molar-refractivity contribution >= 4 is 23.9 Å². The van der Waals surface area contributed by atoms with Crippen LogP contribution in [-0.2, 0) is 38.1 Å². The van der Waals surface area contributed by atoms with Gasteiger partial charge in [0, 0.05) is 0 Å². The van der Waals surface area contributed by atoms with Crippen molar-refractivity contribution in [2.75, 3.05) is 26.4 Å². The molecule has 0 saturated heterocycles. The van der Waals surface area contributed by atoms with Crippen molar-refractivity contribution in [3.05, 3.63) is 0 Å². The fraction of sp³-hybridized carbons (Fsp3) is 0.857. The van der Waals surface area contributed by atoms with Gasteiger partial charge >= 0.3 is 23.9 Å². The molecule has 0 heterocycles. The topological polar surface area (TPSA) is 105 Å². The summed E-state index contributed by atoms with van der Waals surface area (Å²) in [5.74, 6) is -2.06. The summed E-state index contributed by atoms with van der Waals surface area (Å²) in [6, 6.07) is 0. The number of esters is 4. The van der Waals surface area contributed by atoms with Crippen LogP contribution in [0.2, 0.25) is 0 Å². The second-order valence-corrected chi connectivity index (χ2v) is 9.17. The molecular formula is C28H50O8. The Bertz CT molecular complexity index is 566. The maximum Gasteiger partial charge on any atom is 0.323 e. The van der Waals surface area contributed by atoms with Crippen molar-refractivity contribution < 1.29 is 38.1 Å². The molecule has 36 heavy (non-hydrogen) atoms. The van der Waals surface area contributed by atoms with Crippen molar-refractivity contribution in [1.29, 1.82) is 0 Å². The number of carbonyl (C=O) groups excluding carboxylic acids is 4. The summed E-state index contributed by atoms with van der Waals surface area (Å²) in [7, 11) is 0. The average Bonchev–Trinajstić information content (AvgIpc) is 2.85. The van der Waals surface area contributed by atoms with Gasteiger partial charge in [-0.2, -0.15) is 0 Å². The summed E-state index contributed by atoms with van der Waals surface area (Å²) in [5, 5.41) is 0. The van der Waals surface area contributed by atoms with E-state index < -0.39 is 34.7 Å². The number of rotatable bonds is 21. The summed E-state index contributed by atoms with van der Waals surface area (Å²) >= 11 is 0. The SMILES string of the molecule is CCCCC(CCCCCCC(CCCC)(C(=O)OCC)C(=O)OCC)(C(=O)OCC)C(=O)OCC. The van der Waals surface area contributed by atoms with Crippen LogP contribution < -0.4 is 0 Å². The lowest BCUT2D eigenvalue weighted by Crippen LogP contribution is -2.42. The Kier molecular flexibility index (Phi) is 17.9. The van der Waals surface area contributed by atoms with Gasteiger partial charge in [-0.1, -0.05) is 65.2 Å². The Morgan fingerprint density at radius 1 is 0.417 bits per heavy atom.